The standard InChI is InChI=1S/C22H28N3O2P/c1-23-15-9-17-25-18-10-16-24(2)28(23,25)26-21(19-11-5-3-6-12-19)22(27-28)20-13-7-4-8-14-20/h3-8,11-14H,9-10,15-18H2,1-2H3. The summed E-state index contributed by atoms with van der Waals surface area (Å²) in [6.45, 7) is 3.97. The molecule has 5 rings (SSSR count). The minimum atomic E-state index is -3.37. The minimum absolute atomic E-state index is 0.858. The monoisotopic (exact) mass is 397 g/mol. The zero-order chi connectivity index (χ0) is 19.2. The van der Waals surface area contributed by atoms with E-state index in [-0.39, 0.29) is 0 Å². The first-order valence-electron chi connectivity index (χ1n) is 10.1. The molecule has 2 aromatic rings. The molecule has 3 aliphatic rings. The zero-order valence-electron chi connectivity index (χ0n) is 16.6. The SMILES string of the molecule is CN1CCCN2CCCN(C)P123OC(c1ccccc1)=C(c1ccccc1)O3. The van der Waals surface area contributed by atoms with Gasteiger partial charge >= 0.3 is 167 Å². The molecule has 148 valence electrons. The molecule has 0 aromatic heterocycles. The van der Waals surface area contributed by atoms with Crippen molar-refractivity contribution in [2.75, 3.05) is 40.3 Å². The molecule has 0 amide bonds. The van der Waals surface area contributed by atoms with E-state index in [2.05, 4.69) is 76.6 Å². The van der Waals surface area contributed by atoms with Gasteiger partial charge in [0.15, 0.2) is 0 Å². The summed E-state index contributed by atoms with van der Waals surface area (Å²) in [6.07, 6.45) is 2.27. The molecule has 2 fully saturated rings. The molecule has 0 atom stereocenters. The fourth-order valence-electron chi connectivity index (χ4n) is 4.81. The van der Waals surface area contributed by atoms with Crippen molar-refractivity contribution in [2.24, 2.45) is 0 Å². The topological polar surface area (TPSA) is 28.2 Å². The second-order valence-electron chi connectivity index (χ2n) is 7.83. The number of hydrogen-bond acceptors (Lipinski definition) is 5. The van der Waals surface area contributed by atoms with Crippen LogP contribution in [0.5, 0.6) is 0 Å². The predicted octanol–water partition coefficient (Wildman–Crippen LogP) is 4.66. The first-order valence-corrected chi connectivity index (χ1v) is 12.0. The van der Waals surface area contributed by atoms with Crippen LogP contribution in [-0.4, -0.2) is 54.3 Å². The van der Waals surface area contributed by atoms with E-state index in [1.807, 2.05) is 12.1 Å². The Bertz CT molecular complexity index is 831. The Labute approximate surface area is 167 Å². The second-order valence-corrected chi connectivity index (χ2v) is 11.8. The molecule has 0 saturated carbocycles. The van der Waals surface area contributed by atoms with Crippen LogP contribution in [-0.2, 0) is 9.05 Å². The van der Waals surface area contributed by atoms with Crippen molar-refractivity contribution >= 4 is 19.0 Å². The summed E-state index contributed by atoms with van der Waals surface area (Å²) >= 11 is 0. The van der Waals surface area contributed by atoms with Gasteiger partial charge in [-0.05, 0) is 0 Å². The molecule has 2 aromatic carbocycles. The second kappa shape index (κ2) is 6.57. The summed E-state index contributed by atoms with van der Waals surface area (Å²) in [7, 11) is 0.972. The molecule has 0 aliphatic carbocycles. The third-order valence-electron chi connectivity index (χ3n) is 6.23. The van der Waals surface area contributed by atoms with Crippen LogP contribution in [0.3, 0.4) is 0 Å². The van der Waals surface area contributed by atoms with E-state index in [0.717, 1.165) is 61.7 Å². The Kier molecular flexibility index (Phi) is 4.25. The summed E-state index contributed by atoms with van der Waals surface area (Å²) in [5, 5.41) is 0. The first-order chi connectivity index (χ1) is 13.6. The van der Waals surface area contributed by atoms with Gasteiger partial charge in [0.05, 0.1) is 0 Å². The van der Waals surface area contributed by atoms with Crippen LogP contribution in [0.15, 0.2) is 60.7 Å². The first kappa shape index (κ1) is 18.1. The van der Waals surface area contributed by atoms with Crippen LogP contribution < -0.4 is 0 Å². The molecular formula is C22H28N3O2P. The molecule has 3 heterocycles. The average Bonchev–Trinajstić information content (AvgIpc) is 3.11. The molecule has 1 spiro atoms. The molecule has 28 heavy (non-hydrogen) atoms. The van der Waals surface area contributed by atoms with Crippen molar-refractivity contribution in [2.45, 2.75) is 12.8 Å². The molecular weight excluding hydrogens is 369 g/mol. The number of hydrogen-bond donors (Lipinski definition) is 0. The van der Waals surface area contributed by atoms with Crippen molar-refractivity contribution in [1.82, 2.24) is 14.0 Å². The van der Waals surface area contributed by atoms with Gasteiger partial charge in [-0.1, -0.05) is 0 Å². The van der Waals surface area contributed by atoms with Gasteiger partial charge in [0.1, 0.15) is 0 Å². The molecule has 2 saturated heterocycles. The Hall–Kier alpha value is -1.91. The van der Waals surface area contributed by atoms with Gasteiger partial charge in [-0.25, -0.2) is 0 Å². The van der Waals surface area contributed by atoms with Gasteiger partial charge in [-0.3, -0.25) is 0 Å². The van der Waals surface area contributed by atoms with Gasteiger partial charge < -0.3 is 0 Å². The van der Waals surface area contributed by atoms with Crippen molar-refractivity contribution in [3.8, 4) is 0 Å². The number of benzene rings is 2. The zero-order valence-corrected chi connectivity index (χ0v) is 17.5. The van der Waals surface area contributed by atoms with Crippen LogP contribution in [0, 0.1) is 0 Å². The molecule has 3 aliphatic heterocycles. The summed E-state index contributed by atoms with van der Waals surface area (Å²) in [5.74, 6) is 1.72. The third-order valence-corrected chi connectivity index (χ3v) is 11.3. The van der Waals surface area contributed by atoms with Crippen molar-refractivity contribution in [3.05, 3.63) is 71.8 Å². The summed E-state index contributed by atoms with van der Waals surface area (Å²) in [5.41, 5.74) is 2.13. The molecule has 0 radical (unpaired) electrons. The van der Waals surface area contributed by atoms with E-state index in [1.54, 1.807) is 0 Å². The van der Waals surface area contributed by atoms with Crippen LogP contribution in [0.1, 0.15) is 24.0 Å². The molecule has 0 unspecified atom stereocenters. The third kappa shape index (κ3) is 2.34. The molecule has 0 bridgehead atoms. The Balaban J connectivity index is 1.72. The van der Waals surface area contributed by atoms with Crippen molar-refractivity contribution in [3.63, 3.8) is 0 Å². The maximum atomic E-state index is 7.12. The summed E-state index contributed by atoms with van der Waals surface area (Å²) in [4.78, 5) is 0. The van der Waals surface area contributed by atoms with E-state index in [4.69, 9.17) is 9.05 Å². The fraction of sp³-hybridized carbons (Fsp3) is 0.364. The van der Waals surface area contributed by atoms with Crippen LogP contribution in [0.25, 0.3) is 11.5 Å². The van der Waals surface area contributed by atoms with Gasteiger partial charge in [0.2, 0.25) is 0 Å². The van der Waals surface area contributed by atoms with E-state index in [9.17, 15) is 0 Å². The summed E-state index contributed by atoms with van der Waals surface area (Å²) < 4.78 is 21.5. The predicted molar refractivity (Wildman–Crippen MR) is 115 cm³/mol. The maximum absolute atomic E-state index is 7.12. The van der Waals surface area contributed by atoms with E-state index in [1.165, 1.54) is 0 Å². The fourth-order valence-corrected chi connectivity index (χ4v) is 9.98. The molecule has 6 heteroatoms. The van der Waals surface area contributed by atoms with Gasteiger partial charge in [-0.15, -0.1) is 0 Å². The Morgan fingerprint density at radius 2 is 1.07 bits per heavy atom. The average molecular weight is 397 g/mol. The van der Waals surface area contributed by atoms with E-state index >= 15 is 0 Å². The van der Waals surface area contributed by atoms with Gasteiger partial charge in [0, 0.05) is 0 Å². The van der Waals surface area contributed by atoms with Crippen LogP contribution >= 0.6 is 7.51 Å². The van der Waals surface area contributed by atoms with Crippen LogP contribution in [0.4, 0.5) is 0 Å². The van der Waals surface area contributed by atoms with Crippen molar-refractivity contribution < 1.29 is 9.05 Å². The van der Waals surface area contributed by atoms with Crippen molar-refractivity contribution in [1.29, 1.82) is 0 Å². The quantitative estimate of drug-likeness (QED) is 0.688. The number of rotatable bonds is 2. The van der Waals surface area contributed by atoms with E-state index in [0.29, 0.717) is 0 Å². The van der Waals surface area contributed by atoms with Gasteiger partial charge in [0.25, 0.3) is 0 Å². The number of nitrogens with zero attached hydrogens (tertiary/aromatic N) is 3. The van der Waals surface area contributed by atoms with E-state index < -0.39 is 7.51 Å². The normalized spacial score (nSPS) is 26.1. The Morgan fingerprint density at radius 3 is 1.50 bits per heavy atom. The Morgan fingerprint density at radius 1 is 0.643 bits per heavy atom. The van der Waals surface area contributed by atoms with Gasteiger partial charge in [-0.2, -0.15) is 0 Å². The summed E-state index contributed by atoms with van der Waals surface area (Å²) in [6, 6.07) is 20.8. The molecule has 5 nitrogen and oxygen atoms in total. The molecule has 0 N–H and O–H groups in total. The van der Waals surface area contributed by atoms with Crippen LogP contribution in [0.2, 0.25) is 0 Å².